The Balaban J connectivity index is 0.00000400. The highest BCUT2D eigenvalue weighted by Gasteiger charge is 2.23. The smallest absolute Gasteiger partial charge is 0.191 e. The zero-order chi connectivity index (χ0) is 15.0. The summed E-state index contributed by atoms with van der Waals surface area (Å²) < 4.78 is 5.49. The maximum Gasteiger partial charge on any atom is 0.191 e. The van der Waals surface area contributed by atoms with Crippen LogP contribution in [0, 0.1) is 5.92 Å². The number of guanidine groups is 1. The first kappa shape index (κ1) is 20.9. The summed E-state index contributed by atoms with van der Waals surface area (Å²) in [6, 6.07) is 0.979. The molecule has 0 aromatic carbocycles. The van der Waals surface area contributed by atoms with Crippen molar-refractivity contribution in [3.05, 3.63) is 0 Å². The van der Waals surface area contributed by atoms with Crippen LogP contribution in [0.25, 0.3) is 0 Å². The van der Waals surface area contributed by atoms with Crippen LogP contribution in [-0.2, 0) is 4.74 Å². The predicted octanol–water partition coefficient (Wildman–Crippen LogP) is 1.92. The maximum atomic E-state index is 5.49. The molecule has 1 aliphatic heterocycles. The summed E-state index contributed by atoms with van der Waals surface area (Å²) in [5.74, 6) is 1.51. The highest BCUT2D eigenvalue weighted by Crippen LogP contribution is 2.09. The fourth-order valence-corrected chi connectivity index (χ4v) is 2.37. The lowest BCUT2D eigenvalue weighted by molar-refractivity contribution is -0.0174. The van der Waals surface area contributed by atoms with Crippen LogP contribution >= 0.6 is 24.0 Å². The van der Waals surface area contributed by atoms with E-state index in [1.807, 2.05) is 0 Å². The van der Waals surface area contributed by atoms with Gasteiger partial charge >= 0.3 is 0 Å². The molecule has 0 spiro atoms. The molecule has 1 saturated heterocycles. The third kappa shape index (κ3) is 8.21. The van der Waals surface area contributed by atoms with Gasteiger partial charge in [-0.25, -0.2) is 0 Å². The van der Waals surface area contributed by atoms with Crippen LogP contribution in [0.1, 0.15) is 34.6 Å². The number of rotatable bonds is 6. The fraction of sp³-hybridized carbons (Fsp3) is 0.933. The van der Waals surface area contributed by atoms with Crippen molar-refractivity contribution in [2.75, 3.05) is 39.4 Å². The van der Waals surface area contributed by atoms with Crippen molar-refractivity contribution in [3.8, 4) is 0 Å². The van der Waals surface area contributed by atoms with E-state index in [0.29, 0.717) is 18.0 Å². The lowest BCUT2D eigenvalue weighted by atomic mass is 10.2. The molecule has 2 atom stereocenters. The van der Waals surface area contributed by atoms with Gasteiger partial charge in [-0.1, -0.05) is 13.8 Å². The van der Waals surface area contributed by atoms with E-state index in [4.69, 9.17) is 4.74 Å². The normalized spacial score (nSPS) is 21.8. The quantitative estimate of drug-likeness (QED) is 0.398. The van der Waals surface area contributed by atoms with Gasteiger partial charge in [0.15, 0.2) is 5.96 Å². The van der Waals surface area contributed by atoms with Crippen molar-refractivity contribution in [1.29, 1.82) is 0 Å². The Labute approximate surface area is 147 Å². The highest BCUT2D eigenvalue weighted by atomic mass is 127. The minimum atomic E-state index is 0. The van der Waals surface area contributed by atoms with Crippen LogP contribution in [0.4, 0.5) is 0 Å². The van der Waals surface area contributed by atoms with Gasteiger partial charge in [-0.2, -0.15) is 0 Å². The first-order chi connectivity index (χ1) is 9.54. The molecule has 1 rings (SSSR count). The molecular weight excluding hydrogens is 379 g/mol. The van der Waals surface area contributed by atoms with E-state index in [0.717, 1.165) is 45.4 Å². The summed E-state index contributed by atoms with van der Waals surface area (Å²) in [6.07, 6.45) is 0. The van der Waals surface area contributed by atoms with E-state index >= 15 is 0 Å². The van der Waals surface area contributed by atoms with Gasteiger partial charge in [0.2, 0.25) is 0 Å². The Bertz CT molecular complexity index is 299. The Hall–Kier alpha value is -0.0800. The minimum absolute atomic E-state index is 0. The molecule has 0 aliphatic carbocycles. The van der Waals surface area contributed by atoms with Gasteiger partial charge in [-0.15, -0.1) is 24.0 Å². The van der Waals surface area contributed by atoms with E-state index in [2.05, 4.69) is 55.1 Å². The minimum Gasteiger partial charge on any atom is -0.379 e. The molecule has 0 aromatic rings. The second-order valence-electron chi connectivity index (χ2n) is 6.01. The molecule has 0 amide bonds. The molecule has 6 heteroatoms. The number of morpholine rings is 1. The zero-order valence-corrected chi connectivity index (χ0v) is 16.5. The van der Waals surface area contributed by atoms with Crippen molar-refractivity contribution in [2.24, 2.45) is 10.9 Å². The van der Waals surface area contributed by atoms with E-state index in [1.54, 1.807) is 0 Å². The molecule has 21 heavy (non-hydrogen) atoms. The van der Waals surface area contributed by atoms with Gasteiger partial charge in [-0.05, 0) is 26.7 Å². The summed E-state index contributed by atoms with van der Waals surface area (Å²) in [4.78, 5) is 7.10. The third-order valence-corrected chi connectivity index (χ3v) is 3.51. The Morgan fingerprint density at radius 3 is 2.62 bits per heavy atom. The van der Waals surface area contributed by atoms with Crippen molar-refractivity contribution < 1.29 is 4.74 Å². The summed E-state index contributed by atoms with van der Waals surface area (Å²) in [6.45, 7) is 16.3. The van der Waals surface area contributed by atoms with Crippen LogP contribution in [0.5, 0.6) is 0 Å². The molecule has 0 saturated carbocycles. The van der Waals surface area contributed by atoms with Crippen LogP contribution in [0.3, 0.4) is 0 Å². The second-order valence-corrected chi connectivity index (χ2v) is 6.01. The summed E-state index contributed by atoms with van der Waals surface area (Å²) in [7, 11) is 0. The molecule has 2 unspecified atom stereocenters. The molecule has 5 nitrogen and oxygen atoms in total. The molecule has 1 fully saturated rings. The second kappa shape index (κ2) is 11.5. The average Bonchev–Trinajstić information content (AvgIpc) is 2.42. The van der Waals surface area contributed by atoms with Crippen LogP contribution in [-0.4, -0.2) is 62.3 Å². The fourth-order valence-electron chi connectivity index (χ4n) is 2.37. The third-order valence-electron chi connectivity index (χ3n) is 3.51. The molecule has 126 valence electrons. The van der Waals surface area contributed by atoms with Crippen LogP contribution < -0.4 is 10.6 Å². The number of hydrogen-bond acceptors (Lipinski definition) is 3. The van der Waals surface area contributed by atoms with E-state index in [-0.39, 0.29) is 24.0 Å². The van der Waals surface area contributed by atoms with E-state index in [1.165, 1.54) is 0 Å². The average molecular weight is 412 g/mol. The van der Waals surface area contributed by atoms with Gasteiger partial charge in [0.25, 0.3) is 0 Å². The highest BCUT2D eigenvalue weighted by molar-refractivity contribution is 14.0. The van der Waals surface area contributed by atoms with Crippen molar-refractivity contribution >= 4 is 29.9 Å². The van der Waals surface area contributed by atoms with E-state index < -0.39 is 0 Å². The number of nitrogens with zero attached hydrogens (tertiary/aromatic N) is 2. The predicted molar refractivity (Wildman–Crippen MR) is 101 cm³/mol. The lowest BCUT2D eigenvalue weighted by Gasteiger charge is -2.38. The molecule has 0 aromatic heterocycles. The number of halogens is 1. The Kier molecular flexibility index (Phi) is 11.4. The number of ether oxygens (including phenoxy) is 1. The van der Waals surface area contributed by atoms with Crippen molar-refractivity contribution in [1.82, 2.24) is 15.5 Å². The summed E-state index contributed by atoms with van der Waals surface area (Å²) in [5, 5.41) is 6.75. The van der Waals surface area contributed by atoms with Gasteiger partial charge in [0, 0.05) is 38.3 Å². The molecule has 1 heterocycles. The van der Waals surface area contributed by atoms with Gasteiger partial charge in [0.1, 0.15) is 0 Å². The molecule has 0 radical (unpaired) electrons. The first-order valence-corrected chi connectivity index (χ1v) is 7.90. The number of hydrogen-bond donors (Lipinski definition) is 2. The zero-order valence-electron chi connectivity index (χ0n) is 14.2. The first-order valence-electron chi connectivity index (χ1n) is 7.90. The van der Waals surface area contributed by atoms with E-state index in [9.17, 15) is 0 Å². The molecule has 0 bridgehead atoms. The standard InChI is InChI=1S/C15H32N4O.HI/c1-6-16-15(17-9-12(2)3)18-10-13(4)19-7-8-20-11-14(19)5;/h12-14H,6-11H2,1-5H3,(H2,16,17,18);1H. The van der Waals surface area contributed by atoms with Crippen molar-refractivity contribution in [3.63, 3.8) is 0 Å². The molecule has 2 N–H and O–H groups in total. The van der Waals surface area contributed by atoms with Crippen LogP contribution in [0.2, 0.25) is 0 Å². The van der Waals surface area contributed by atoms with Gasteiger partial charge in [-0.3, -0.25) is 9.89 Å². The molecular formula is C15H33IN4O. The number of aliphatic imine (C=N–C) groups is 1. The Morgan fingerprint density at radius 2 is 2.05 bits per heavy atom. The summed E-state index contributed by atoms with van der Waals surface area (Å²) >= 11 is 0. The monoisotopic (exact) mass is 412 g/mol. The topological polar surface area (TPSA) is 48.9 Å². The summed E-state index contributed by atoms with van der Waals surface area (Å²) in [5.41, 5.74) is 0. The maximum absolute atomic E-state index is 5.49. The molecule has 1 aliphatic rings. The van der Waals surface area contributed by atoms with Gasteiger partial charge in [0.05, 0.1) is 13.2 Å². The van der Waals surface area contributed by atoms with Crippen molar-refractivity contribution in [2.45, 2.75) is 46.7 Å². The number of nitrogens with one attached hydrogen (secondary N) is 2. The SMILES string of the molecule is CCNC(=NCC(C)C)NCC(C)N1CCOCC1C.I. The lowest BCUT2D eigenvalue weighted by Crippen LogP contribution is -2.53. The Morgan fingerprint density at radius 1 is 1.33 bits per heavy atom. The van der Waals surface area contributed by atoms with Gasteiger partial charge < -0.3 is 15.4 Å². The van der Waals surface area contributed by atoms with Crippen LogP contribution in [0.15, 0.2) is 4.99 Å². The largest absolute Gasteiger partial charge is 0.379 e.